The molecule has 4 nitrogen and oxygen atoms in total. The van der Waals surface area contributed by atoms with E-state index in [9.17, 15) is 4.79 Å². The van der Waals surface area contributed by atoms with Gasteiger partial charge in [-0.15, -0.1) is 0 Å². The maximum atomic E-state index is 12.4. The van der Waals surface area contributed by atoms with Crippen molar-refractivity contribution in [2.45, 2.75) is 38.8 Å². The zero-order chi connectivity index (χ0) is 13.8. The lowest BCUT2D eigenvalue weighted by atomic mass is 9.90. The highest BCUT2D eigenvalue weighted by atomic mass is 79.9. The molecule has 1 amide bonds. The fraction of sp³-hybridized carbons (Fsp3) is 0.643. The molecular weight excluding hydrogens is 308 g/mol. The van der Waals surface area contributed by atoms with Crippen molar-refractivity contribution in [3.05, 3.63) is 22.6 Å². The second kappa shape index (κ2) is 6.57. The molecule has 0 aromatic carbocycles. The van der Waals surface area contributed by atoms with Gasteiger partial charge in [0.2, 0.25) is 5.91 Å². The fourth-order valence-electron chi connectivity index (χ4n) is 2.57. The van der Waals surface area contributed by atoms with Gasteiger partial charge in [-0.2, -0.15) is 0 Å². The van der Waals surface area contributed by atoms with Crippen LogP contribution >= 0.6 is 15.9 Å². The number of hydrogen-bond acceptors (Lipinski definition) is 3. The van der Waals surface area contributed by atoms with Gasteiger partial charge in [-0.3, -0.25) is 4.79 Å². The Kier molecular flexibility index (Phi) is 5.05. The Morgan fingerprint density at radius 3 is 3.00 bits per heavy atom. The maximum Gasteiger partial charge on any atom is 0.239 e. The lowest BCUT2D eigenvalue weighted by molar-refractivity contribution is -0.133. The predicted octanol–water partition coefficient (Wildman–Crippen LogP) is 2.78. The highest BCUT2D eigenvalue weighted by Crippen LogP contribution is 2.21. The smallest absolute Gasteiger partial charge is 0.239 e. The summed E-state index contributed by atoms with van der Waals surface area (Å²) in [5.41, 5.74) is 0. The van der Waals surface area contributed by atoms with Crippen LogP contribution in [-0.4, -0.2) is 30.4 Å². The number of hydrogen-bond donors (Lipinski definition) is 1. The van der Waals surface area contributed by atoms with Gasteiger partial charge in [-0.25, -0.2) is 0 Å². The largest absolute Gasteiger partial charge is 0.452 e. The van der Waals surface area contributed by atoms with E-state index in [0.717, 1.165) is 25.1 Å². The number of nitrogens with one attached hydrogen (secondary N) is 1. The number of amides is 1. The van der Waals surface area contributed by atoms with Crippen molar-refractivity contribution < 1.29 is 9.21 Å². The molecule has 1 N–H and O–H groups in total. The highest BCUT2D eigenvalue weighted by molar-refractivity contribution is 9.10. The van der Waals surface area contributed by atoms with Crippen molar-refractivity contribution in [3.8, 4) is 0 Å². The van der Waals surface area contributed by atoms with Crippen LogP contribution in [0, 0.1) is 5.92 Å². The van der Waals surface area contributed by atoms with Crippen LogP contribution in [0.15, 0.2) is 21.2 Å². The van der Waals surface area contributed by atoms with Crippen molar-refractivity contribution in [1.82, 2.24) is 10.2 Å². The van der Waals surface area contributed by atoms with E-state index in [1.807, 2.05) is 19.2 Å². The lowest BCUT2D eigenvalue weighted by Gasteiger charge is -2.31. The van der Waals surface area contributed by atoms with Gasteiger partial charge in [0, 0.05) is 7.05 Å². The molecular formula is C14H21BrN2O2. The van der Waals surface area contributed by atoms with Crippen molar-refractivity contribution in [1.29, 1.82) is 0 Å². The van der Waals surface area contributed by atoms with Gasteiger partial charge < -0.3 is 14.6 Å². The number of likely N-dealkylation sites (N-methyl/N-ethyl adjacent to an activating group) is 1. The lowest BCUT2D eigenvalue weighted by Crippen LogP contribution is -2.48. The molecule has 0 bridgehead atoms. The normalized spacial score (nSPS) is 23.3. The van der Waals surface area contributed by atoms with E-state index in [2.05, 4.69) is 28.2 Å². The molecule has 2 unspecified atom stereocenters. The van der Waals surface area contributed by atoms with Crippen molar-refractivity contribution in [2.24, 2.45) is 5.92 Å². The quantitative estimate of drug-likeness (QED) is 0.924. The number of halogens is 1. The second-order valence-corrected chi connectivity index (χ2v) is 5.99. The minimum Gasteiger partial charge on any atom is -0.452 e. The van der Waals surface area contributed by atoms with Crippen LogP contribution in [0.2, 0.25) is 0 Å². The van der Waals surface area contributed by atoms with E-state index in [-0.39, 0.29) is 11.9 Å². The van der Waals surface area contributed by atoms with Gasteiger partial charge in [-0.05, 0) is 53.4 Å². The molecule has 5 heteroatoms. The van der Waals surface area contributed by atoms with Crippen LogP contribution in [-0.2, 0) is 11.3 Å². The maximum absolute atomic E-state index is 12.4. The SMILES string of the molecule is CCC1CCNC(C(=O)N(C)Cc2ccc(Br)o2)C1. The molecule has 1 aromatic heterocycles. The Labute approximate surface area is 122 Å². The number of carbonyl (C=O) groups excluding carboxylic acids is 1. The van der Waals surface area contributed by atoms with Crippen molar-refractivity contribution >= 4 is 21.8 Å². The molecule has 2 heterocycles. The minimum atomic E-state index is -0.0397. The average Bonchev–Trinajstić information content (AvgIpc) is 2.83. The van der Waals surface area contributed by atoms with E-state index in [1.165, 1.54) is 6.42 Å². The first kappa shape index (κ1) is 14.6. The zero-order valence-electron chi connectivity index (χ0n) is 11.5. The molecule has 1 aliphatic rings. The van der Waals surface area contributed by atoms with E-state index in [1.54, 1.807) is 4.90 Å². The van der Waals surface area contributed by atoms with Crippen LogP contribution in [0.3, 0.4) is 0 Å². The first-order valence-electron chi connectivity index (χ1n) is 6.82. The first-order chi connectivity index (χ1) is 9.10. The predicted molar refractivity (Wildman–Crippen MR) is 77.7 cm³/mol. The summed E-state index contributed by atoms with van der Waals surface area (Å²) in [6.07, 6.45) is 3.27. The van der Waals surface area contributed by atoms with Crippen molar-refractivity contribution in [3.63, 3.8) is 0 Å². The monoisotopic (exact) mass is 328 g/mol. The number of rotatable bonds is 4. The molecule has 1 saturated heterocycles. The molecule has 0 radical (unpaired) electrons. The molecule has 1 fully saturated rings. The Bertz CT molecular complexity index is 433. The third kappa shape index (κ3) is 3.83. The Morgan fingerprint density at radius 2 is 2.37 bits per heavy atom. The Hall–Kier alpha value is -0.810. The summed E-state index contributed by atoms with van der Waals surface area (Å²) in [7, 11) is 1.83. The van der Waals surface area contributed by atoms with Gasteiger partial charge in [0.25, 0.3) is 0 Å². The van der Waals surface area contributed by atoms with Crippen LogP contribution < -0.4 is 5.32 Å². The summed E-state index contributed by atoms with van der Waals surface area (Å²) in [6.45, 7) is 3.65. The Balaban J connectivity index is 1.91. The van der Waals surface area contributed by atoms with E-state index < -0.39 is 0 Å². The summed E-state index contributed by atoms with van der Waals surface area (Å²) >= 11 is 3.27. The molecule has 0 spiro atoms. The molecule has 2 rings (SSSR count). The molecule has 0 saturated carbocycles. The summed E-state index contributed by atoms with van der Waals surface area (Å²) in [4.78, 5) is 14.1. The number of nitrogens with zero attached hydrogens (tertiary/aromatic N) is 1. The van der Waals surface area contributed by atoms with E-state index in [4.69, 9.17) is 4.42 Å². The topological polar surface area (TPSA) is 45.5 Å². The van der Waals surface area contributed by atoms with Crippen molar-refractivity contribution in [2.75, 3.05) is 13.6 Å². The zero-order valence-corrected chi connectivity index (χ0v) is 13.1. The summed E-state index contributed by atoms with van der Waals surface area (Å²) in [5.74, 6) is 1.62. The van der Waals surface area contributed by atoms with E-state index >= 15 is 0 Å². The van der Waals surface area contributed by atoms with Gasteiger partial charge in [0.05, 0.1) is 12.6 Å². The van der Waals surface area contributed by atoms with Gasteiger partial charge in [0.1, 0.15) is 5.76 Å². The fourth-order valence-corrected chi connectivity index (χ4v) is 2.91. The Morgan fingerprint density at radius 1 is 1.58 bits per heavy atom. The first-order valence-corrected chi connectivity index (χ1v) is 7.62. The second-order valence-electron chi connectivity index (χ2n) is 5.21. The summed E-state index contributed by atoms with van der Waals surface area (Å²) in [5, 5.41) is 3.32. The standard InChI is InChI=1S/C14H21BrN2O2/c1-3-10-6-7-16-12(8-10)14(18)17(2)9-11-4-5-13(15)19-11/h4-5,10,12,16H,3,6-9H2,1-2H3. The summed E-state index contributed by atoms with van der Waals surface area (Å²) < 4.78 is 6.14. The van der Waals surface area contributed by atoms with Gasteiger partial charge in [-0.1, -0.05) is 13.3 Å². The molecule has 19 heavy (non-hydrogen) atoms. The van der Waals surface area contributed by atoms with Crippen LogP contribution in [0.1, 0.15) is 31.9 Å². The molecule has 1 aromatic rings. The molecule has 1 aliphatic heterocycles. The molecule has 2 atom stereocenters. The van der Waals surface area contributed by atoms with Crippen LogP contribution in [0.25, 0.3) is 0 Å². The van der Waals surface area contributed by atoms with Crippen LogP contribution in [0.5, 0.6) is 0 Å². The van der Waals surface area contributed by atoms with Crippen LogP contribution in [0.4, 0.5) is 0 Å². The molecule has 0 aliphatic carbocycles. The molecule has 106 valence electrons. The number of carbonyl (C=O) groups is 1. The van der Waals surface area contributed by atoms with Gasteiger partial charge >= 0.3 is 0 Å². The summed E-state index contributed by atoms with van der Waals surface area (Å²) in [6, 6.07) is 3.69. The third-order valence-electron chi connectivity index (χ3n) is 3.79. The third-order valence-corrected chi connectivity index (χ3v) is 4.21. The number of furan rings is 1. The minimum absolute atomic E-state index is 0.0397. The van der Waals surface area contributed by atoms with Gasteiger partial charge in [0.15, 0.2) is 4.67 Å². The number of piperidine rings is 1. The highest BCUT2D eigenvalue weighted by Gasteiger charge is 2.28. The average molecular weight is 329 g/mol. The van der Waals surface area contributed by atoms with E-state index in [0.29, 0.717) is 17.1 Å².